The second-order valence-electron chi connectivity index (χ2n) is 3.09. The number of nitrogens with zero attached hydrogens (tertiary/aromatic N) is 2. The summed E-state index contributed by atoms with van der Waals surface area (Å²) in [5.41, 5.74) is 1.45. The second-order valence-corrected chi connectivity index (χ2v) is 3.09. The van der Waals surface area contributed by atoms with Crippen molar-refractivity contribution in [2.24, 2.45) is 0 Å². The number of hydroxylamine groups is 2. The summed E-state index contributed by atoms with van der Waals surface area (Å²) in [7, 11) is 2.96. The van der Waals surface area contributed by atoms with Crippen molar-refractivity contribution in [2.75, 3.05) is 14.2 Å². The number of rotatable bonds is 3. The molecule has 0 unspecified atom stereocenters. The van der Waals surface area contributed by atoms with Gasteiger partial charge in [0.15, 0.2) is 0 Å². The zero-order valence-electron chi connectivity index (χ0n) is 9.18. The van der Waals surface area contributed by atoms with E-state index in [4.69, 9.17) is 10.1 Å². The average Bonchev–Trinajstić information content (AvgIpc) is 2.35. The molecule has 1 aromatic rings. The first-order chi connectivity index (χ1) is 7.67. The quantitative estimate of drug-likeness (QED) is 0.569. The van der Waals surface area contributed by atoms with E-state index in [0.29, 0.717) is 5.56 Å². The van der Waals surface area contributed by atoms with Crippen molar-refractivity contribution in [2.45, 2.75) is 0 Å². The van der Waals surface area contributed by atoms with Crippen LogP contribution in [-0.2, 0) is 9.63 Å². The molecule has 0 atom stereocenters. The summed E-state index contributed by atoms with van der Waals surface area (Å²) in [5, 5.41) is 9.73. The maximum absolute atomic E-state index is 11.3. The molecule has 0 fully saturated rings. The number of hydrogen-bond acceptors (Lipinski definition) is 3. The van der Waals surface area contributed by atoms with Crippen LogP contribution in [0.5, 0.6) is 0 Å². The minimum absolute atomic E-state index is 0.244. The lowest BCUT2D eigenvalue weighted by Gasteiger charge is -2.09. The molecule has 1 amide bonds. The van der Waals surface area contributed by atoms with Crippen LogP contribution in [0, 0.1) is 11.3 Å². The zero-order chi connectivity index (χ0) is 12.0. The lowest BCUT2D eigenvalue weighted by atomic mass is 10.1. The highest BCUT2D eigenvalue weighted by molar-refractivity contribution is 5.90. The Morgan fingerprint density at radius 3 is 2.56 bits per heavy atom. The number of hydrogen-bond donors (Lipinski definition) is 0. The molecule has 82 valence electrons. The van der Waals surface area contributed by atoms with Gasteiger partial charge in [0.05, 0.1) is 18.7 Å². The Bertz CT molecular complexity index is 429. The van der Waals surface area contributed by atoms with Gasteiger partial charge < -0.3 is 0 Å². The minimum atomic E-state index is -0.244. The van der Waals surface area contributed by atoms with Gasteiger partial charge in [-0.05, 0) is 23.8 Å². The summed E-state index contributed by atoms with van der Waals surface area (Å²) in [6.45, 7) is 0. The third-order valence-corrected chi connectivity index (χ3v) is 2.04. The highest BCUT2D eigenvalue weighted by atomic mass is 16.7. The average molecular weight is 216 g/mol. The fourth-order valence-corrected chi connectivity index (χ4v) is 1.03. The molecule has 0 saturated carbocycles. The zero-order valence-corrected chi connectivity index (χ0v) is 9.18. The molecule has 0 aromatic heterocycles. The Morgan fingerprint density at radius 1 is 1.44 bits per heavy atom. The molecule has 4 nitrogen and oxygen atoms in total. The van der Waals surface area contributed by atoms with Gasteiger partial charge in [-0.3, -0.25) is 9.63 Å². The number of carbonyl (C=O) groups excluding carboxylic acids is 1. The summed E-state index contributed by atoms with van der Waals surface area (Å²) < 4.78 is 0. The first-order valence-electron chi connectivity index (χ1n) is 4.67. The standard InChI is InChI=1S/C12H12N2O2/c1-14(16-2)12(15)8-7-10-3-5-11(9-13)6-4-10/h3-8H,1-2H3/b8-7-. The largest absolute Gasteiger partial charge is 0.274 e. The summed E-state index contributed by atoms with van der Waals surface area (Å²) in [5.74, 6) is -0.244. The molecule has 1 aromatic carbocycles. The highest BCUT2D eigenvalue weighted by Gasteiger charge is 2.01. The van der Waals surface area contributed by atoms with Gasteiger partial charge >= 0.3 is 0 Å². The van der Waals surface area contributed by atoms with Crippen LogP contribution in [0.4, 0.5) is 0 Å². The Balaban J connectivity index is 2.70. The van der Waals surface area contributed by atoms with Crippen molar-refractivity contribution in [3.63, 3.8) is 0 Å². The van der Waals surface area contributed by atoms with Crippen molar-refractivity contribution in [1.82, 2.24) is 5.06 Å². The van der Waals surface area contributed by atoms with Gasteiger partial charge in [-0.2, -0.15) is 5.26 Å². The van der Waals surface area contributed by atoms with E-state index < -0.39 is 0 Å². The van der Waals surface area contributed by atoms with Gasteiger partial charge in [-0.25, -0.2) is 5.06 Å². The third-order valence-electron chi connectivity index (χ3n) is 2.04. The van der Waals surface area contributed by atoms with Crippen LogP contribution in [0.15, 0.2) is 30.3 Å². The van der Waals surface area contributed by atoms with Crippen LogP contribution in [0.3, 0.4) is 0 Å². The number of likely N-dealkylation sites (N-methyl/N-ethyl adjacent to an activating group) is 1. The summed E-state index contributed by atoms with van der Waals surface area (Å²) in [6, 6.07) is 8.97. The maximum atomic E-state index is 11.3. The van der Waals surface area contributed by atoms with Gasteiger partial charge in [-0.1, -0.05) is 12.1 Å². The van der Waals surface area contributed by atoms with Crippen LogP contribution in [0.25, 0.3) is 6.08 Å². The van der Waals surface area contributed by atoms with E-state index in [2.05, 4.69) is 0 Å². The topological polar surface area (TPSA) is 53.3 Å². The lowest BCUT2D eigenvalue weighted by Crippen LogP contribution is -2.22. The van der Waals surface area contributed by atoms with Crippen molar-refractivity contribution in [3.05, 3.63) is 41.5 Å². The molecule has 0 aliphatic heterocycles. The molecule has 0 radical (unpaired) electrons. The first kappa shape index (κ1) is 12.0. The monoisotopic (exact) mass is 216 g/mol. The number of carbonyl (C=O) groups is 1. The molecule has 0 N–H and O–H groups in total. The van der Waals surface area contributed by atoms with E-state index in [9.17, 15) is 4.79 Å². The van der Waals surface area contributed by atoms with E-state index in [1.54, 1.807) is 30.3 Å². The first-order valence-corrected chi connectivity index (χ1v) is 4.67. The summed E-state index contributed by atoms with van der Waals surface area (Å²) >= 11 is 0. The molecule has 16 heavy (non-hydrogen) atoms. The predicted octanol–water partition coefficient (Wildman–Crippen LogP) is 1.59. The Morgan fingerprint density at radius 2 is 2.06 bits per heavy atom. The normalized spacial score (nSPS) is 10.1. The maximum Gasteiger partial charge on any atom is 0.269 e. The van der Waals surface area contributed by atoms with Crippen molar-refractivity contribution in [1.29, 1.82) is 5.26 Å². The number of benzene rings is 1. The Kier molecular flexibility index (Phi) is 4.25. The minimum Gasteiger partial charge on any atom is -0.274 e. The van der Waals surface area contributed by atoms with Gasteiger partial charge in [0.25, 0.3) is 5.91 Å². The fraction of sp³-hybridized carbons (Fsp3) is 0.167. The molecule has 0 aliphatic rings. The van der Waals surface area contributed by atoms with Crippen molar-refractivity contribution < 1.29 is 9.63 Å². The van der Waals surface area contributed by atoms with Crippen LogP contribution in [0.1, 0.15) is 11.1 Å². The number of nitriles is 1. The Hall–Kier alpha value is -2.12. The van der Waals surface area contributed by atoms with Crippen molar-refractivity contribution in [3.8, 4) is 6.07 Å². The molecule has 0 heterocycles. The van der Waals surface area contributed by atoms with Gasteiger partial charge in [-0.15, -0.1) is 0 Å². The summed E-state index contributed by atoms with van der Waals surface area (Å²) in [4.78, 5) is 16.1. The highest BCUT2D eigenvalue weighted by Crippen LogP contribution is 2.05. The second kappa shape index (κ2) is 5.69. The van der Waals surface area contributed by atoms with Gasteiger partial charge in [0.2, 0.25) is 0 Å². The predicted molar refractivity (Wildman–Crippen MR) is 60.0 cm³/mol. The van der Waals surface area contributed by atoms with Gasteiger partial charge in [0.1, 0.15) is 0 Å². The number of amides is 1. The van der Waals surface area contributed by atoms with Crippen LogP contribution in [0.2, 0.25) is 0 Å². The molecule has 0 aliphatic carbocycles. The Labute approximate surface area is 94.3 Å². The molecular weight excluding hydrogens is 204 g/mol. The molecule has 4 heteroatoms. The van der Waals surface area contributed by atoms with E-state index >= 15 is 0 Å². The molecule has 1 rings (SSSR count). The molecular formula is C12H12N2O2. The smallest absolute Gasteiger partial charge is 0.269 e. The van der Waals surface area contributed by atoms with E-state index in [0.717, 1.165) is 10.6 Å². The molecule has 0 bridgehead atoms. The van der Waals surface area contributed by atoms with Crippen LogP contribution >= 0.6 is 0 Å². The third kappa shape index (κ3) is 3.23. The van der Waals surface area contributed by atoms with Crippen LogP contribution < -0.4 is 0 Å². The fourth-order valence-electron chi connectivity index (χ4n) is 1.03. The van der Waals surface area contributed by atoms with E-state index in [-0.39, 0.29) is 5.91 Å². The summed E-state index contributed by atoms with van der Waals surface area (Å²) in [6.07, 6.45) is 3.07. The van der Waals surface area contributed by atoms with Crippen molar-refractivity contribution >= 4 is 12.0 Å². The van der Waals surface area contributed by atoms with Gasteiger partial charge in [0, 0.05) is 13.1 Å². The van der Waals surface area contributed by atoms with E-state index in [1.807, 2.05) is 6.07 Å². The van der Waals surface area contributed by atoms with Crippen LogP contribution in [-0.4, -0.2) is 25.1 Å². The molecule has 0 saturated heterocycles. The SMILES string of the molecule is CON(C)C(=O)/C=C\c1ccc(C#N)cc1. The lowest BCUT2D eigenvalue weighted by molar-refractivity contribution is -0.162. The van der Waals surface area contributed by atoms with E-state index in [1.165, 1.54) is 20.2 Å². The molecule has 0 spiro atoms.